The first-order valence-corrected chi connectivity index (χ1v) is 8.07. The van der Waals surface area contributed by atoms with Gasteiger partial charge in [-0.05, 0) is 24.3 Å². The predicted octanol–water partition coefficient (Wildman–Crippen LogP) is 3.86. The van der Waals surface area contributed by atoms with Crippen molar-refractivity contribution in [1.82, 2.24) is 0 Å². The molecule has 1 amide bonds. The van der Waals surface area contributed by atoms with Crippen LogP contribution >= 0.6 is 0 Å². The first-order valence-electron chi connectivity index (χ1n) is 8.07. The van der Waals surface area contributed by atoms with Gasteiger partial charge in [-0.1, -0.05) is 26.8 Å². The Labute approximate surface area is 149 Å². The largest absolute Gasteiger partial charge is 0.508 e. The second kappa shape index (κ2) is 6.22. The van der Waals surface area contributed by atoms with E-state index in [1.54, 1.807) is 39.0 Å². The van der Waals surface area contributed by atoms with Gasteiger partial charge in [-0.15, -0.1) is 0 Å². The zero-order valence-electron chi connectivity index (χ0n) is 14.7. The van der Waals surface area contributed by atoms with Crippen LogP contribution in [-0.4, -0.2) is 16.1 Å². The summed E-state index contributed by atoms with van der Waals surface area (Å²) in [6.45, 7) is 5.34. The van der Waals surface area contributed by atoms with Crippen LogP contribution in [0.5, 0.6) is 11.5 Å². The zero-order valence-corrected chi connectivity index (χ0v) is 14.7. The highest BCUT2D eigenvalue weighted by molar-refractivity contribution is 6.02. The number of fused-ring (bicyclic) bond motifs is 1. The average molecular weight is 353 g/mol. The van der Waals surface area contributed by atoms with Crippen molar-refractivity contribution < 1.29 is 19.4 Å². The summed E-state index contributed by atoms with van der Waals surface area (Å²) < 4.78 is 5.76. The molecule has 26 heavy (non-hydrogen) atoms. The molecule has 0 radical (unpaired) electrons. The van der Waals surface area contributed by atoms with Crippen molar-refractivity contribution >= 4 is 22.6 Å². The van der Waals surface area contributed by atoms with Gasteiger partial charge in [0.05, 0.1) is 16.6 Å². The van der Waals surface area contributed by atoms with E-state index in [4.69, 9.17) is 4.42 Å². The third kappa shape index (κ3) is 3.26. The summed E-state index contributed by atoms with van der Waals surface area (Å²) in [6, 6.07) is 10.2. The molecule has 3 aromatic rings. The third-order valence-corrected chi connectivity index (χ3v) is 3.93. The van der Waals surface area contributed by atoms with E-state index in [9.17, 15) is 19.8 Å². The maximum atomic E-state index is 12.7. The predicted molar refractivity (Wildman–Crippen MR) is 99.3 cm³/mol. The molecular formula is C20H19NO5. The standard InChI is InChI=1S/C20H19NO5/c1-20(2,3)19(25)21-13-5-4-6-16-18(13)15(24)10-17(26-16)12-8-7-11(22)9-14(12)23/h4-10,22-23H,1-3H3,(H,21,25). The Kier molecular flexibility index (Phi) is 4.20. The van der Waals surface area contributed by atoms with Crippen LogP contribution in [0.1, 0.15) is 20.8 Å². The van der Waals surface area contributed by atoms with E-state index in [0.717, 1.165) is 0 Å². The molecule has 0 atom stereocenters. The van der Waals surface area contributed by atoms with Crippen LogP contribution in [0.25, 0.3) is 22.3 Å². The Morgan fingerprint density at radius 3 is 2.46 bits per heavy atom. The smallest absolute Gasteiger partial charge is 0.229 e. The van der Waals surface area contributed by atoms with E-state index in [-0.39, 0.29) is 45.1 Å². The van der Waals surface area contributed by atoms with E-state index < -0.39 is 5.41 Å². The number of carbonyl (C=O) groups is 1. The van der Waals surface area contributed by atoms with Crippen LogP contribution in [0.4, 0.5) is 5.69 Å². The number of rotatable bonds is 2. The van der Waals surface area contributed by atoms with Crippen molar-refractivity contribution in [3.8, 4) is 22.8 Å². The number of phenols is 2. The normalized spacial score (nSPS) is 11.5. The second-order valence-electron chi connectivity index (χ2n) is 7.06. The van der Waals surface area contributed by atoms with E-state index in [1.165, 1.54) is 24.3 Å². The SMILES string of the molecule is CC(C)(C)C(=O)Nc1cccc2oc(-c3ccc(O)cc3O)cc(=O)c12. The molecule has 0 spiro atoms. The molecule has 0 saturated carbocycles. The van der Waals surface area contributed by atoms with Crippen LogP contribution in [0.3, 0.4) is 0 Å². The fourth-order valence-corrected chi connectivity index (χ4v) is 2.48. The first-order chi connectivity index (χ1) is 12.2. The number of hydrogen-bond acceptors (Lipinski definition) is 5. The minimum absolute atomic E-state index is 0.0958. The summed E-state index contributed by atoms with van der Waals surface area (Å²) in [5.74, 6) is -0.352. The highest BCUT2D eigenvalue weighted by atomic mass is 16.3. The number of hydrogen-bond donors (Lipinski definition) is 3. The molecule has 6 heteroatoms. The highest BCUT2D eigenvalue weighted by Gasteiger charge is 2.22. The van der Waals surface area contributed by atoms with E-state index in [1.807, 2.05) is 0 Å². The molecule has 1 aromatic heterocycles. The second-order valence-corrected chi connectivity index (χ2v) is 7.06. The molecule has 0 fully saturated rings. The molecule has 0 saturated heterocycles. The van der Waals surface area contributed by atoms with Crippen molar-refractivity contribution in [2.75, 3.05) is 5.32 Å². The lowest BCUT2D eigenvalue weighted by Gasteiger charge is -2.18. The summed E-state index contributed by atoms with van der Waals surface area (Å²) in [7, 11) is 0. The van der Waals surface area contributed by atoms with Crippen LogP contribution in [0, 0.1) is 5.41 Å². The van der Waals surface area contributed by atoms with E-state index >= 15 is 0 Å². The van der Waals surface area contributed by atoms with E-state index in [2.05, 4.69) is 5.32 Å². The van der Waals surface area contributed by atoms with Crippen LogP contribution < -0.4 is 10.7 Å². The van der Waals surface area contributed by atoms with Crippen LogP contribution in [0.15, 0.2) is 51.7 Å². The molecule has 1 heterocycles. The van der Waals surface area contributed by atoms with Gasteiger partial charge in [0.1, 0.15) is 22.8 Å². The quantitative estimate of drug-likeness (QED) is 0.650. The molecule has 0 aliphatic heterocycles. The molecule has 134 valence electrons. The number of amides is 1. The van der Waals surface area contributed by atoms with Gasteiger partial charge in [0.15, 0.2) is 5.43 Å². The molecule has 6 nitrogen and oxygen atoms in total. The molecule has 2 aromatic carbocycles. The summed E-state index contributed by atoms with van der Waals surface area (Å²) in [5, 5.41) is 22.4. The Hall–Kier alpha value is -3.28. The Bertz CT molecular complexity index is 1060. The van der Waals surface area contributed by atoms with Gasteiger partial charge in [-0.25, -0.2) is 0 Å². The van der Waals surface area contributed by atoms with Gasteiger partial charge in [0.25, 0.3) is 0 Å². The molecule has 3 N–H and O–H groups in total. The monoisotopic (exact) mass is 353 g/mol. The van der Waals surface area contributed by atoms with Gasteiger partial charge in [-0.3, -0.25) is 9.59 Å². The lowest BCUT2D eigenvalue weighted by atomic mass is 9.95. The fourth-order valence-electron chi connectivity index (χ4n) is 2.48. The number of carbonyl (C=O) groups excluding carboxylic acids is 1. The lowest BCUT2D eigenvalue weighted by Crippen LogP contribution is -2.28. The third-order valence-electron chi connectivity index (χ3n) is 3.93. The molecule has 0 aliphatic rings. The minimum atomic E-state index is -0.611. The highest BCUT2D eigenvalue weighted by Crippen LogP contribution is 2.33. The van der Waals surface area contributed by atoms with Crippen LogP contribution in [-0.2, 0) is 4.79 Å². The topological polar surface area (TPSA) is 99.8 Å². The van der Waals surface area contributed by atoms with E-state index in [0.29, 0.717) is 5.69 Å². The maximum Gasteiger partial charge on any atom is 0.229 e. The fraction of sp³-hybridized carbons (Fsp3) is 0.200. The first kappa shape index (κ1) is 17.5. The van der Waals surface area contributed by atoms with Gasteiger partial charge in [-0.2, -0.15) is 0 Å². The summed E-state index contributed by atoms with van der Waals surface area (Å²) in [4.78, 5) is 24.9. The number of aromatic hydroxyl groups is 2. The van der Waals surface area contributed by atoms with Gasteiger partial charge in [0.2, 0.25) is 5.91 Å². The van der Waals surface area contributed by atoms with Gasteiger partial charge >= 0.3 is 0 Å². The van der Waals surface area contributed by atoms with Crippen molar-refractivity contribution in [3.63, 3.8) is 0 Å². The number of anilines is 1. The minimum Gasteiger partial charge on any atom is -0.508 e. The Balaban J connectivity index is 2.14. The Morgan fingerprint density at radius 1 is 1.08 bits per heavy atom. The zero-order chi connectivity index (χ0) is 19.1. The molecule has 0 aliphatic carbocycles. The van der Waals surface area contributed by atoms with Crippen LogP contribution in [0.2, 0.25) is 0 Å². The molecule has 0 bridgehead atoms. The summed E-state index contributed by atoms with van der Waals surface area (Å²) >= 11 is 0. The summed E-state index contributed by atoms with van der Waals surface area (Å²) in [6.07, 6.45) is 0. The van der Waals surface area contributed by atoms with Crippen molar-refractivity contribution in [3.05, 3.63) is 52.7 Å². The maximum absolute atomic E-state index is 12.7. The number of phenolic OH excluding ortho intramolecular Hbond substituents is 2. The lowest BCUT2D eigenvalue weighted by molar-refractivity contribution is -0.123. The Morgan fingerprint density at radius 2 is 1.81 bits per heavy atom. The van der Waals surface area contributed by atoms with Crippen molar-refractivity contribution in [2.45, 2.75) is 20.8 Å². The number of nitrogens with one attached hydrogen (secondary N) is 1. The average Bonchev–Trinajstić information content (AvgIpc) is 2.53. The summed E-state index contributed by atoms with van der Waals surface area (Å²) in [5.41, 5.74) is -0.0195. The molecular weight excluding hydrogens is 334 g/mol. The van der Waals surface area contributed by atoms with Gasteiger partial charge < -0.3 is 19.9 Å². The van der Waals surface area contributed by atoms with Crippen molar-refractivity contribution in [2.24, 2.45) is 5.41 Å². The molecule has 3 rings (SSSR count). The molecule has 0 unspecified atom stereocenters. The van der Waals surface area contributed by atoms with Crippen molar-refractivity contribution in [1.29, 1.82) is 0 Å². The van der Waals surface area contributed by atoms with Gasteiger partial charge in [0, 0.05) is 17.5 Å². The number of benzene rings is 2.